The lowest BCUT2D eigenvalue weighted by atomic mass is 10.1. The minimum absolute atomic E-state index is 0.480. The minimum Gasteiger partial charge on any atom is -0.481 e. The third kappa shape index (κ3) is 1.47. The molecule has 2 N–H and O–H groups in total. The highest BCUT2D eigenvalue weighted by Gasteiger charge is 2.50. The maximum absolute atomic E-state index is 11.0. The van der Waals surface area contributed by atoms with Gasteiger partial charge in [-0.05, 0) is 18.9 Å². The molecule has 1 saturated carbocycles. The molecule has 0 bridgehead atoms. The van der Waals surface area contributed by atoms with Crippen LogP contribution in [0.1, 0.15) is 12.8 Å². The summed E-state index contributed by atoms with van der Waals surface area (Å²) in [6, 6.07) is 1.94. The average Bonchev–Trinajstić information content (AvgIpc) is 2.74. The molecule has 0 amide bonds. The normalized spacial score (nSPS) is 17.8. The lowest BCUT2D eigenvalue weighted by Gasteiger charge is -2.21. The molecule has 0 aliphatic heterocycles. The smallest absolute Gasteiger partial charge is 0.311 e. The average molecular weight is 194 g/mol. The Morgan fingerprint density at radius 1 is 1.71 bits per heavy atom. The number of aromatic amines is 1. The van der Waals surface area contributed by atoms with Gasteiger partial charge in [0.05, 0.1) is 11.1 Å². The van der Waals surface area contributed by atoms with Crippen LogP contribution in [-0.2, 0) is 4.79 Å². The van der Waals surface area contributed by atoms with Gasteiger partial charge in [0, 0.05) is 26.0 Å². The summed E-state index contributed by atoms with van der Waals surface area (Å²) >= 11 is 0. The number of aliphatic carboxylic acids is 1. The van der Waals surface area contributed by atoms with Gasteiger partial charge in [-0.15, -0.1) is 0 Å². The van der Waals surface area contributed by atoms with Gasteiger partial charge >= 0.3 is 5.97 Å². The van der Waals surface area contributed by atoms with Gasteiger partial charge in [0.25, 0.3) is 0 Å². The molecule has 1 aromatic heterocycles. The topological polar surface area (TPSA) is 56.3 Å². The maximum Gasteiger partial charge on any atom is 0.311 e. The molecule has 0 unspecified atom stereocenters. The minimum atomic E-state index is -0.667. The second-order valence-corrected chi connectivity index (χ2v) is 4.01. The van der Waals surface area contributed by atoms with E-state index in [1.807, 2.05) is 30.4 Å². The van der Waals surface area contributed by atoms with Gasteiger partial charge in [0.2, 0.25) is 0 Å². The Morgan fingerprint density at radius 3 is 2.86 bits per heavy atom. The van der Waals surface area contributed by atoms with Crippen molar-refractivity contribution in [3.63, 3.8) is 0 Å². The van der Waals surface area contributed by atoms with Crippen molar-refractivity contribution in [3.05, 3.63) is 18.5 Å². The number of hydrogen-bond acceptors (Lipinski definition) is 2. The van der Waals surface area contributed by atoms with E-state index in [1.165, 1.54) is 0 Å². The summed E-state index contributed by atoms with van der Waals surface area (Å²) in [6.07, 6.45) is 5.32. The van der Waals surface area contributed by atoms with Crippen molar-refractivity contribution in [2.24, 2.45) is 5.41 Å². The molecule has 1 aromatic rings. The molecule has 76 valence electrons. The lowest BCUT2D eigenvalue weighted by Crippen LogP contribution is -2.31. The first-order valence-electron chi connectivity index (χ1n) is 4.71. The van der Waals surface area contributed by atoms with Crippen LogP contribution in [0.3, 0.4) is 0 Å². The van der Waals surface area contributed by atoms with Gasteiger partial charge in [-0.25, -0.2) is 0 Å². The highest BCUT2D eigenvalue weighted by Crippen LogP contribution is 2.46. The van der Waals surface area contributed by atoms with E-state index in [0.717, 1.165) is 18.5 Å². The second-order valence-electron chi connectivity index (χ2n) is 4.01. The summed E-state index contributed by atoms with van der Waals surface area (Å²) in [6.45, 7) is 0.597. The fourth-order valence-electron chi connectivity index (χ4n) is 1.69. The summed E-state index contributed by atoms with van der Waals surface area (Å²) < 4.78 is 0. The third-order valence-electron chi connectivity index (χ3n) is 2.87. The SMILES string of the molecule is CN(CC1(C(=O)O)CC1)c1cc[nH]c1. The van der Waals surface area contributed by atoms with Gasteiger partial charge < -0.3 is 15.0 Å². The number of carbonyl (C=O) groups is 1. The van der Waals surface area contributed by atoms with Gasteiger partial charge in [-0.2, -0.15) is 0 Å². The molecule has 2 rings (SSSR count). The van der Waals surface area contributed by atoms with Crippen molar-refractivity contribution >= 4 is 11.7 Å². The van der Waals surface area contributed by atoms with Crippen LogP contribution < -0.4 is 4.90 Å². The number of carboxylic acids is 1. The number of aromatic nitrogens is 1. The van der Waals surface area contributed by atoms with Crippen molar-refractivity contribution < 1.29 is 9.90 Å². The Balaban J connectivity index is 2.02. The van der Waals surface area contributed by atoms with Crippen molar-refractivity contribution in [1.29, 1.82) is 0 Å². The number of anilines is 1. The van der Waals surface area contributed by atoms with E-state index in [0.29, 0.717) is 6.54 Å². The Bertz CT molecular complexity index is 328. The maximum atomic E-state index is 11.0. The van der Waals surface area contributed by atoms with E-state index >= 15 is 0 Å². The van der Waals surface area contributed by atoms with Crippen molar-refractivity contribution in [3.8, 4) is 0 Å². The molecule has 0 atom stereocenters. The summed E-state index contributed by atoms with van der Waals surface area (Å²) in [7, 11) is 1.92. The molecule has 1 aliphatic rings. The standard InChI is InChI=1S/C10H14N2O2/c1-12(8-2-5-11-6-8)7-10(3-4-10)9(13)14/h2,5-6,11H,3-4,7H2,1H3,(H,13,14). The monoisotopic (exact) mass is 194 g/mol. The highest BCUT2D eigenvalue weighted by molar-refractivity contribution is 5.78. The quantitative estimate of drug-likeness (QED) is 0.760. The molecular formula is C10H14N2O2. The summed E-state index contributed by atoms with van der Waals surface area (Å²) in [5.74, 6) is -0.667. The van der Waals surface area contributed by atoms with Gasteiger partial charge in [0.1, 0.15) is 0 Å². The molecule has 1 aliphatic carbocycles. The number of nitrogens with zero attached hydrogens (tertiary/aromatic N) is 1. The van der Waals surface area contributed by atoms with Crippen LogP contribution in [0.4, 0.5) is 5.69 Å². The van der Waals surface area contributed by atoms with E-state index in [-0.39, 0.29) is 0 Å². The molecule has 4 nitrogen and oxygen atoms in total. The first-order valence-corrected chi connectivity index (χ1v) is 4.71. The molecule has 0 aromatic carbocycles. The number of nitrogens with one attached hydrogen (secondary N) is 1. The highest BCUT2D eigenvalue weighted by atomic mass is 16.4. The van der Waals surface area contributed by atoms with Crippen LogP contribution in [0.2, 0.25) is 0 Å². The van der Waals surface area contributed by atoms with Gasteiger partial charge in [0.15, 0.2) is 0 Å². The Kier molecular flexibility index (Phi) is 1.98. The van der Waals surface area contributed by atoms with E-state index in [1.54, 1.807) is 0 Å². The van der Waals surface area contributed by atoms with Gasteiger partial charge in [-0.1, -0.05) is 0 Å². The lowest BCUT2D eigenvalue weighted by molar-refractivity contribution is -0.142. The zero-order valence-electron chi connectivity index (χ0n) is 8.16. The molecule has 0 saturated heterocycles. The van der Waals surface area contributed by atoms with Crippen LogP contribution >= 0.6 is 0 Å². The van der Waals surface area contributed by atoms with Crippen molar-refractivity contribution in [2.75, 3.05) is 18.5 Å². The fourth-order valence-corrected chi connectivity index (χ4v) is 1.69. The second kappa shape index (κ2) is 3.04. The zero-order chi connectivity index (χ0) is 10.2. The van der Waals surface area contributed by atoms with Crippen LogP contribution in [-0.4, -0.2) is 29.7 Å². The fraction of sp³-hybridized carbons (Fsp3) is 0.500. The van der Waals surface area contributed by atoms with E-state index in [4.69, 9.17) is 5.11 Å². The van der Waals surface area contributed by atoms with Crippen LogP contribution in [0.5, 0.6) is 0 Å². The van der Waals surface area contributed by atoms with E-state index in [9.17, 15) is 4.79 Å². The largest absolute Gasteiger partial charge is 0.481 e. The van der Waals surface area contributed by atoms with E-state index in [2.05, 4.69) is 4.98 Å². The predicted octanol–water partition coefficient (Wildman–Crippen LogP) is 1.32. The zero-order valence-corrected chi connectivity index (χ0v) is 8.16. The predicted molar refractivity (Wildman–Crippen MR) is 53.4 cm³/mol. The number of H-pyrrole nitrogens is 1. The molecule has 14 heavy (non-hydrogen) atoms. The molecule has 1 heterocycles. The summed E-state index contributed by atoms with van der Waals surface area (Å²) in [5, 5.41) is 9.02. The van der Waals surface area contributed by atoms with Crippen molar-refractivity contribution in [2.45, 2.75) is 12.8 Å². The van der Waals surface area contributed by atoms with E-state index < -0.39 is 11.4 Å². The Labute approximate surface area is 82.5 Å². The van der Waals surface area contributed by atoms with Crippen LogP contribution in [0.15, 0.2) is 18.5 Å². The number of hydrogen-bond donors (Lipinski definition) is 2. The molecule has 0 spiro atoms. The van der Waals surface area contributed by atoms with Gasteiger partial charge in [-0.3, -0.25) is 4.79 Å². The van der Waals surface area contributed by atoms with Crippen LogP contribution in [0.25, 0.3) is 0 Å². The van der Waals surface area contributed by atoms with Crippen molar-refractivity contribution in [1.82, 2.24) is 4.98 Å². The molecular weight excluding hydrogens is 180 g/mol. The Hall–Kier alpha value is -1.45. The van der Waals surface area contributed by atoms with Crippen LogP contribution in [0, 0.1) is 5.41 Å². The molecule has 1 fully saturated rings. The third-order valence-corrected chi connectivity index (χ3v) is 2.87. The first-order chi connectivity index (χ1) is 6.64. The Morgan fingerprint density at radius 2 is 2.43 bits per heavy atom. The summed E-state index contributed by atoms with van der Waals surface area (Å²) in [4.78, 5) is 15.9. The molecule has 0 radical (unpaired) electrons. The number of rotatable bonds is 4. The first kappa shape index (κ1) is 9.12. The molecule has 4 heteroatoms. The number of carboxylic acid groups (broad SMARTS) is 1. The summed E-state index contributed by atoms with van der Waals surface area (Å²) in [5.41, 5.74) is 0.559.